The number of rotatable bonds is 8. The number of nitrogens with zero attached hydrogens (tertiary/aromatic N) is 2. The van der Waals surface area contributed by atoms with Crippen LogP contribution in [0, 0.1) is 0 Å². The predicted molar refractivity (Wildman–Crippen MR) is 128 cm³/mol. The highest BCUT2D eigenvalue weighted by Crippen LogP contribution is 2.24. The Hall–Kier alpha value is -3.30. The highest BCUT2D eigenvalue weighted by atomic mass is 32.2. The van der Waals surface area contributed by atoms with Gasteiger partial charge < -0.3 is 9.84 Å². The Kier molecular flexibility index (Phi) is 6.71. The van der Waals surface area contributed by atoms with E-state index in [1.165, 1.54) is 11.3 Å². The second-order valence-electron chi connectivity index (χ2n) is 7.79. The number of hydrogen-bond donors (Lipinski definition) is 1. The molecule has 0 radical (unpaired) electrons. The summed E-state index contributed by atoms with van der Waals surface area (Å²) >= 11 is 1.54. The molecule has 2 heterocycles. The van der Waals surface area contributed by atoms with Crippen LogP contribution in [0.2, 0.25) is 0 Å². The molecule has 0 unspecified atom stereocenters. The molecule has 0 aliphatic heterocycles. The molecule has 2 aromatic heterocycles. The van der Waals surface area contributed by atoms with Gasteiger partial charge in [0.2, 0.25) is 17.6 Å². The van der Waals surface area contributed by atoms with E-state index in [1.807, 2.05) is 41.8 Å². The number of thiophene rings is 1. The molecule has 7 nitrogen and oxygen atoms in total. The molecule has 1 N–H and O–H groups in total. The van der Waals surface area contributed by atoms with Crippen LogP contribution in [0.15, 0.2) is 75.5 Å². The fourth-order valence-corrected chi connectivity index (χ4v) is 4.95. The lowest BCUT2D eigenvalue weighted by Crippen LogP contribution is -2.16. The lowest BCUT2D eigenvalue weighted by Gasteiger charge is -2.11. The summed E-state index contributed by atoms with van der Waals surface area (Å²) in [4.78, 5) is 18.3. The predicted octanol–water partition coefficient (Wildman–Crippen LogP) is 4.75. The Balaban J connectivity index is 1.43. The molecule has 0 atom stereocenters. The van der Waals surface area contributed by atoms with E-state index < -0.39 is 15.1 Å². The van der Waals surface area contributed by atoms with E-state index >= 15 is 0 Å². The molecule has 33 heavy (non-hydrogen) atoms. The van der Waals surface area contributed by atoms with Crippen LogP contribution in [0.1, 0.15) is 30.9 Å². The molecule has 0 aliphatic rings. The number of anilines is 1. The summed E-state index contributed by atoms with van der Waals surface area (Å²) in [5, 5.41) is 8.42. The van der Waals surface area contributed by atoms with E-state index in [4.69, 9.17) is 4.52 Å². The second kappa shape index (κ2) is 9.68. The van der Waals surface area contributed by atoms with Gasteiger partial charge in [-0.3, -0.25) is 4.79 Å². The van der Waals surface area contributed by atoms with Crippen molar-refractivity contribution in [3.8, 4) is 10.7 Å². The minimum absolute atomic E-state index is 0.124. The summed E-state index contributed by atoms with van der Waals surface area (Å²) in [6.07, 6.45) is 0.510. The van der Waals surface area contributed by atoms with Gasteiger partial charge in [-0.1, -0.05) is 41.6 Å². The fraction of sp³-hybridized carbons (Fsp3) is 0.208. The molecule has 9 heteroatoms. The maximum absolute atomic E-state index is 12.7. The number of carbonyl (C=O) groups is 1. The van der Waals surface area contributed by atoms with Gasteiger partial charge in [0, 0.05) is 5.69 Å². The maximum atomic E-state index is 12.7. The Labute approximate surface area is 196 Å². The monoisotopic (exact) mass is 481 g/mol. The van der Waals surface area contributed by atoms with Crippen molar-refractivity contribution >= 4 is 32.8 Å². The third-order valence-corrected chi connectivity index (χ3v) is 8.12. The first-order valence-electron chi connectivity index (χ1n) is 10.4. The largest absolute Gasteiger partial charge is 0.339 e. The van der Waals surface area contributed by atoms with Gasteiger partial charge in [0.25, 0.3) is 0 Å². The minimum Gasteiger partial charge on any atom is -0.339 e. The number of carbonyl (C=O) groups excluding carboxylic acids is 1. The molecule has 0 saturated heterocycles. The number of para-hydroxylation sites is 1. The minimum atomic E-state index is -3.34. The second-order valence-corrected chi connectivity index (χ2v) is 11.2. The van der Waals surface area contributed by atoms with Gasteiger partial charge in [-0.05, 0) is 54.6 Å². The van der Waals surface area contributed by atoms with E-state index in [1.54, 1.807) is 38.1 Å². The van der Waals surface area contributed by atoms with Crippen molar-refractivity contribution in [3.63, 3.8) is 0 Å². The lowest BCUT2D eigenvalue weighted by atomic mass is 10.1. The third-order valence-electron chi connectivity index (χ3n) is 5.08. The summed E-state index contributed by atoms with van der Waals surface area (Å²) in [5.41, 5.74) is 2.24. The smallest absolute Gasteiger partial charge is 0.231 e. The molecule has 0 spiro atoms. The van der Waals surface area contributed by atoms with Crippen LogP contribution >= 0.6 is 11.3 Å². The van der Waals surface area contributed by atoms with E-state index in [0.717, 1.165) is 16.0 Å². The van der Waals surface area contributed by atoms with Crippen LogP contribution in [-0.2, 0) is 27.5 Å². The topological polar surface area (TPSA) is 102 Å². The number of hydrogen-bond acceptors (Lipinski definition) is 7. The molecule has 170 valence electrons. The molecular formula is C24H23N3O4S2. The zero-order valence-electron chi connectivity index (χ0n) is 18.2. The van der Waals surface area contributed by atoms with Gasteiger partial charge in [-0.25, -0.2) is 8.42 Å². The Bertz CT molecular complexity index is 1340. The summed E-state index contributed by atoms with van der Waals surface area (Å²) < 4.78 is 29.9. The zero-order valence-corrected chi connectivity index (χ0v) is 19.8. The van der Waals surface area contributed by atoms with E-state index in [0.29, 0.717) is 23.8 Å². The van der Waals surface area contributed by atoms with Gasteiger partial charge in [-0.2, -0.15) is 4.98 Å². The molecule has 1 amide bonds. The van der Waals surface area contributed by atoms with Gasteiger partial charge in [0.05, 0.1) is 27.9 Å². The highest BCUT2D eigenvalue weighted by molar-refractivity contribution is 7.92. The van der Waals surface area contributed by atoms with Crippen LogP contribution in [0.25, 0.3) is 10.7 Å². The summed E-state index contributed by atoms with van der Waals surface area (Å²) in [5.74, 6) is 0.804. The van der Waals surface area contributed by atoms with Crippen molar-refractivity contribution in [2.45, 2.75) is 36.8 Å². The quantitative estimate of drug-likeness (QED) is 0.390. The Morgan fingerprint density at radius 1 is 1.06 bits per heavy atom. The number of amides is 1. The molecule has 4 aromatic rings. The van der Waals surface area contributed by atoms with E-state index in [2.05, 4.69) is 15.5 Å². The van der Waals surface area contributed by atoms with Crippen LogP contribution in [-0.4, -0.2) is 29.7 Å². The first kappa shape index (κ1) is 22.9. The van der Waals surface area contributed by atoms with Crippen LogP contribution in [0.5, 0.6) is 0 Å². The van der Waals surface area contributed by atoms with Crippen LogP contribution < -0.4 is 5.32 Å². The standard InChI is InChI=1S/C24H23N3O4S2/c1-16(2)33(29,30)19-11-9-17(10-12-19)14-22(28)25-20-7-4-3-6-18(20)15-23-26-24(27-31-23)21-8-5-13-32-21/h3-13,16H,14-15H2,1-2H3,(H,25,28). The summed E-state index contributed by atoms with van der Waals surface area (Å²) in [6, 6.07) is 17.7. The number of benzene rings is 2. The first-order chi connectivity index (χ1) is 15.8. The molecule has 0 aliphatic carbocycles. The maximum Gasteiger partial charge on any atom is 0.231 e. The van der Waals surface area contributed by atoms with E-state index in [9.17, 15) is 13.2 Å². The molecule has 0 saturated carbocycles. The van der Waals surface area contributed by atoms with Crippen molar-refractivity contribution in [2.24, 2.45) is 0 Å². The van der Waals surface area contributed by atoms with Gasteiger partial charge in [-0.15, -0.1) is 11.3 Å². The van der Waals surface area contributed by atoms with Gasteiger partial charge in [0.1, 0.15) is 0 Å². The van der Waals surface area contributed by atoms with Crippen molar-refractivity contribution in [1.82, 2.24) is 10.1 Å². The molecular weight excluding hydrogens is 458 g/mol. The van der Waals surface area contributed by atoms with Crippen molar-refractivity contribution in [1.29, 1.82) is 0 Å². The zero-order chi connectivity index (χ0) is 23.4. The highest BCUT2D eigenvalue weighted by Gasteiger charge is 2.19. The first-order valence-corrected chi connectivity index (χ1v) is 12.8. The van der Waals surface area contributed by atoms with E-state index in [-0.39, 0.29) is 17.2 Å². The van der Waals surface area contributed by atoms with Crippen molar-refractivity contribution < 1.29 is 17.7 Å². The van der Waals surface area contributed by atoms with Crippen molar-refractivity contribution in [3.05, 3.63) is 83.1 Å². The summed E-state index contributed by atoms with van der Waals surface area (Å²) in [6.45, 7) is 3.29. The molecule has 0 fully saturated rings. The molecule has 4 rings (SSSR count). The number of nitrogens with one attached hydrogen (secondary N) is 1. The molecule has 2 aromatic carbocycles. The third kappa shape index (κ3) is 5.37. The van der Waals surface area contributed by atoms with Crippen LogP contribution in [0.4, 0.5) is 5.69 Å². The van der Waals surface area contributed by atoms with Crippen LogP contribution in [0.3, 0.4) is 0 Å². The SMILES string of the molecule is CC(C)S(=O)(=O)c1ccc(CC(=O)Nc2ccccc2Cc2nc(-c3cccs3)no2)cc1. The Morgan fingerprint density at radius 2 is 1.82 bits per heavy atom. The number of sulfone groups is 1. The average Bonchev–Trinajstić information content (AvgIpc) is 3.47. The summed E-state index contributed by atoms with van der Waals surface area (Å²) in [7, 11) is -3.34. The van der Waals surface area contributed by atoms with Gasteiger partial charge >= 0.3 is 0 Å². The Morgan fingerprint density at radius 3 is 2.52 bits per heavy atom. The average molecular weight is 482 g/mol. The lowest BCUT2D eigenvalue weighted by molar-refractivity contribution is -0.115. The number of aromatic nitrogens is 2. The molecule has 0 bridgehead atoms. The van der Waals surface area contributed by atoms with Gasteiger partial charge in [0.15, 0.2) is 9.84 Å². The fourth-order valence-electron chi connectivity index (χ4n) is 3.24. The normalized spacial score (nSPS) is 11.6. The van der Waals surface area contributed by atoms with Crippen molar-refractivity contribution in [2.75, 3.05) is 5.32 Å².